The third-order valence-corrected chi connectivity index (χ3v) is 3.20. The molecular formula is C15H15FO4. The number of hydrogen-bond acceptors (Lipinski definition) is 3. The van der Waals surface area contributed by atoms with Gasteiger partial charge in [-0.05, 0) is 17.7 Å². The van der Waals surface area contributed by atoms with E-state index in [-0.39, 0.29) is 6.61 Å². The van der Waals surface area contributed by atoms with Gasteiger partial charge in [-0.25, -0.2) is 9.18 Å². The van der Waals surface area contributed by atoms with Gasteiger partial charge >= 0.3 is 5.97 Å². The van der Waals surface area contributed by atoms with Gasteiger partial charge in [0.25, 0.3) is 0 Å². The van der Waals surface area contributed by atoms with Crippen LogP contribution in [-0.4, -0.2) is 22.0 Å². The van der Waals surface area contributed by atoms with E-state index in [9.17, 15) is 14.3 Å². The quantitative estimate of drug-likeness (QED) is 0.830. The molecule has 2 atom stereocenters. The molecule has 1 aliphatic carbocycles. The predicted molar refractivity (Wildman–Crippen MR) is 70.3 cm³/mol. The Morgan fingerprint density at radius 1 is 1.40 bits per heavy atom. The fourth-order valence-electron chi connectivity index (χ4n) is 1.95. The van der Waals surface area contributed by atoms with Gasteiger partial charge in [0.15, 0.2) is 5.79 Å². The van der Waals surface area contributed by atoms with Crippen LogP contribution in [0.25, 0.3) is 0 Å². The Hall–Kier alpha value is -1.98. The molecule has 1 aromatic carbocycles. The Morgan fingerprint density at radius 3 is 2.65 bits per heavy atom. The molecule has 0 bridgehead atoms. The number of halogens is 1. The Morgan fingerprint density at radius 2 is 2.05 bits per heavy atom. The summed E-state index contributed by atoms with van der Waals surface area (Å²) in [5.74, 6) is -4.82. The van der Waals surface area contributed by atoms with Crippen LogP contribution in [-0.2, 0) is 16.1 Å². The third-order valence-electron chi connectivity index (χ3n) is 3.20. The maximum absolute atomic E-state index is 13.5. The molecule has 106 valence electrons. The molecule has 2 N–H and O–H groups in total. The molecule has 0 saturated heterocycles. The van der Waals surface area contributed by atoms with Crippen LogP contribution < -0.4 is 0 Å². The number of carboxylic acid groups (broad SMARTS) is 1. The number of ether oxygens (including phenoxy) is 1. The topological polar surface area (TPSA) is 66.8 Å². The number of aliphatic carboxylic acids is 1. The van der Waals surface area contributed by atoms with Gasteiger partial charge in [-0.3, -0.25) is 0 Å². The van der Waals surface area contributed by atoms with E-state index in [2.05, 4.69) is 0 Å². The minimum Gasteiger partial charge on any atom is -0.478 e. The van der Waals surface area contributed by atoms with Gasteiger partial charge in [-0.2, -0.15) is 0 Å². The number of aliphatic hydroxyl groups is 1. The SMILES string of the molecule is CC1C=C(F)C(C(=O)O)=CC1(O)OCc1ccccc1. The highest BCUT2D eigenvalue weighted by Crippen LogP contribution is 2.33. The highest BCUT2D eigenvalue weighted by atomic mass is 19.1. The Labute approximate surface area is 115 Å². The smallest absolute Gasteiger partial charge is 0.338 e. The lowest BCUT2D eigenvalue weighted by molar-refractivity contribution is -0.197. The molecule has 2 rings (SSSR count). The van der Waals surface area contributed by atoms with Gasteiger partial charge in [-0.15, -0.1) is 0 Å². The van der Waals surface area contributed by atoms with E-state index in [1.807, 2.05) is 30.3 Å². The van der Waals surface area contributed by atoms with Crippen molar-refractivity contribution in [2.24, 2.45) is 5.92 Å². The van der Waals surface area contributed by atoms with Crippen molar-refractivity contribution in [3.05, 3.63) is 59.4 Å². The van der Waals surface area contributed by atoms with Gasteiger partial charge in [0.05, 0.1) is 12.2 Å². The summed E-state index contributed by atoms with van der Waals surface area (Å²) >= 11 is 0. The molecule has 0 saturated carbocycles. The first-order chi connectivity index (χ1) is 9.42. The largest absolute Gasteiger partial charge is 0.478 e. The summed E-state index contributed by atoms with van der Waals surface area (Å²) in [6.45, 7) is 1.65. The van der Waals surface area contributed by atoms with Crippen molar-refractivity contribution < 1.29 is 24.1 Å². The highest BCUT2D eigenvalue weighted by Gasteiger charge is 2.38. The Kier molecular flexibility index (Phi) is 4.01. The molecule has 0 heterocycles. The first kappa shape index (κ1) is 14.4. The summed E-state index contributed by atoms with van der Waals surface area (Å²) < 4.78 is 18.9. The van der Waals surface area contributed by atoms with Crippen molar-refractivity contribution in [3.63, 3.8) is 0 Å². The molecule has 20 heavy (non-hydrogen) atoms. The monoisotopic (exact) mass is 278 g/mol. The number of rotatable bonds is 4. The van der Waals surface area contributed by atoms with Crippen LogP contribution in [0, 0.1) is 5.92 Å². The van der Waals surface area contributed by atoms with E-state index in [0.29, 0.717) is 0 Å². The second-order valence-corrected chi connectivity index (χ2v) is 4.69. The van der Waals surface area contributed by atoms with Crippen molar-refractivity contribution in [2.45, 2.75) is 19.3 Å². The molecule has 4 nitrogen and oxygen atoms in total. The normalized spacial score (nSPS) is 25.9. The van der Waals surface area contributed by atoms with Gasteiger partial charge in [0, 0.05) is 5.92 Å². The summed E-state index contributed by atoms with van der Waals surface area (Å²) in [7, 11) is 0. The van der Waals surface area contributed by atoms with Gasteiger partial charge < -0.3 is 14.9 Å². The summed E-state index contributed by atoms with van der Waals surface area (Å²) in [6, 6.07) is 9.13. The van der Waals surface area contributed by atoms with Crippen LogP contribution in [0.4, 0.5) is 4.39 Å². The minimum absolute atomic E-state index is 0.0978. The van der Waals surface area contributed by atoms with Crippen LogP contribution in [0.3, 0.4) is 0 Å². The van der Waals surface area contributed by atoms with E-state index < -0.39 is 29.1 Å². The van der Waals surface area contributed by atoms with E-state index >= 15 is 0 Å². The van der Waals surface area contributed by atoms with Gasteiger partial charge in [0.1, 0.15) is 5.83 Å². The van der Waals surface area contributed by atoms with Crippen LogP contribution >= 0.6 is 0 Å². The van der Waals surface area contributed by atoms with Crippen LogP contribution in [0.5, 0.6) is 0 Å². The second kappa shape index (κ2) is 5.56. The van der Waals surface area contributed by atoms with Crippen molar-refractivity contribution in [3.8, 4) is 0 Å². The predicted octanol–water partition coefficient (Wildman–Crippen LogP) is 2.41. The first-order valence-corrected chi connectivity index (χ1v) is 6.16. The molecule has 5 heteroatoms. The molecular weight excluding hydrogens is 263 g/mol. The average Bonchev–Trinajstić information content (AvgIpc) is 2.42. The van der Waals surface area contributed by atoms with E-state index in [0.717, 1.165) is 17.7 Å². The molecule has 0 spiro atoms. The maximum atomic E-state index is 13.5. The number of benzene rings is 1. The minimum atomic E-state index is -1.83. The lowest BCUT2D eigenvalue weighted by atomic mass is 9.91. The first-order valence-electron chi connectivity index (χ1n) is 6.16. The zero-order valence-corrected chi connectivity index (χ0v) is 10.9. The molecule has 0 aliphatic heterocycles. The second-order valence-electron chi connectivity index (χ2n) is 4.69. The summed E-state index contributed by atoms with van der Waals surface area (Å²) in [5, 5.41) is 19.3. The average molecular weight is 278 g/mol. The van der Waals surface area contributed by atoms with E-state index in [1.54, 1.807) is 6.92 Å². The van der Waals surface area contributed by atoms with E-state index in [4.69, 9.17) is 9.84 Å². The lowest BCUT2D eigenvalue weighted by Crippen LogP contribution is -2.39. The highest BCUT2D eigenvalue weighted by molar-refractivity contribution is 5.91. The molecule has 1 aromatic rings. The van der Waals surface area contributed by atoms with Crippen LogP contribution in [0.1, 0.15) is 12.5 Å². The van der Waals surface area contributed by atoms with Crippen molar-refractivity contribution in [2.75, 3.05) is 0 Å². The van der Waals surface area contributed by atoms with Gasteiger partial charge in [0.2, 0.25) is 0 Å². The van der Waals surface area contributed by atoms with Crippen molar-refractivity contribution >= 4 is 5.97 Å². The molecule has 0 amide bonds. The summed E-state index contributed by atoms with van der Waals surface area (Å²) in [4.78, 5) is 10.9. The number of carbonyl (C=O) groups is 1. The summed E-state index contributed by atoms with van der Waals surface area (Å²) in [5.41, 5.74) is 0.243. The molecule has 0 aromatic heterocycles. The zero-order valence-electron chi connectivity index (χ0n) is 10.9. The van der Waals surface area contributed by atoms with Crippen molar-refractivity contribution in [1.29, 1.82) is 0 Å². The summed E-state index contributed by atoms with van der Waals surface area (Å²) in [6.07, 6.45) is 1.96. The Balaban J connectivity index is 2.18. The molecule has 2 unspecified atom stereocenters. The molecule has 0 radical (unpaired) electrons. The fourth-order valence-corrected chi connectivity index (χ4v) is 1.95. The zero-order chi connectivity index (χ0) is 14.8. The number of hydrogen-bond donors (Lipinski definition) is 2. The standard InChI is InChI=1S/C15H15FO4/c1-10-7-13(16)12(14(17)18)8-15(10,19)20-9-11-5-3-2-4-6-11/h2-8,10,19H,9H2,1H3,(H,17,18). The van der Waals surface area contributed by atoms with Crippen molar-refractivity contribution in [1.82, 2.24) is 0 Å². The van der Waals surface area contributed by atoms with Gasteiger partial charge in [-0.1, -0.05) is 37.3 Å². The molecule has 0 fully saturated rings. The third kappa shape index (κ3) is 2.95. The lowest BCUT2D eigenvalue weighted by Gasteiger charge is -2.32. The number of carboxylic acids is 1. The fraction of sp³-hybridized carbons (Fsp3) is 0.267. The van der Waals surface area contributed by atoms with Crippen LogP contribution in [0.15, 0.2) is 53.9 Å². The Bertz CT molecular complexity index is 564. The van der Waals surface area contributed by atoms with Crippen LogP contribution in [0.2, 0.25) is 0 Å². The van der Waals surface area contributed by atoms with E-state index in [1.165, 1.54) is 0 Å². The molecule has 1 aliphatic rings. The maximum Gasteiger partial charge on any atom is 0.338 e.